The molecule has 3 heterocycles. The molecule has 2 N–H and O–H groups in total. The quantitative estimate of drug-likeness (QED) is 0.708. The Kier molecular flexibility index (Phi) is 5.99. The standard InChI is InChI=1S/C15H25N5O3S/c16-13(21)3-4-14-17-20(11-18-5-8-22-9-6-18)15(24)19(14)10-12-2-1-7-23-12/h12H,1-11H2,(H2,16,21)/t12-/m1/s1. The summed E-state index contributed by atoms with van der Waals surface area (Å²) in [6.07, 6.45) is 3.06. The molecule has 0 unspecified atom stereocenters. The Morgan fingerprint density at radius 3 is 2.79 bits per heavy atom. The summed E-state index contributed by atoms with van der Waals surface area (Å²) in [5.41, 5.74) is 5.29. The fraction of sp³-hybridized carbons (Fsp3) is 0.800. The second-order valence-corrected chi connectivity index (χ2v) is 6.65. The molecule has 2 saturated heterocycles. The Bertz CT molecular complexity index is 617. The molecular formula is C15H25N5O3S. The minimum atomic E-state index is -0.327. The van der Waals surface area contributed by atoms with Crippen molar-refractivity contribution in [2.75, 3.05) is 32.9 Å². The van der Waals surface area contributed by atoms with Crippen molar-refractivity contribution in [1.82, 2.24) is 19.2 Å². The van der Waals surface area contributed by atoms with Gasteiger partial charge >= 0.3 is 0 Å². The molecule has 3 rings (SSSR count). The van der Waals surface area contributed by atoms with Crippen LogP contribution in [0.2, 0.25) is 0 Å². The third-order valence-corrected chi connectivity index (χ3v) is 4.87. The highest BCUT2D eigenvalue weighted by molar-refractivity contribution is 7.71. The van der Waals surface area contributed by atoms with E-state index in [-0.39, 0.29) is 18.4 Å². The molecule has 2 fully saturated rings. The maximum absolute atomic E-state index is 11.1. The van der Waals surface area contributed by atoms with Crippen LogP contribution in [0.3, 0.4) is 0 Å². The van der Waals surface area contributed by atoms with Gasteiger partial charge in [0.25, 0.3) is 0 Å². The monoisotopic (exact) mass is 355 g/mol. The Morgan fingerprint density at radius 1 is 1.33 bits per heavy atom. The Labute approximate surface area is 146 Å². The third-order valence-electron chi connectivity index (χ3n) is 4.44. The molecule has 0 saturated carbocycles. The first-order valence-corrected chi connectivity index (χ1v) is 8.91. The summed E-state index contributed by atoms with van der Waals surface area (Å²) in [7, 11) is 0. The van der Waals surface area contributed by atoms with Crippen LogP contribution in [0.15, 0.2) is 0 Å². The number of nitrogens with zero attached hydrogens (tertiary/aromatic N) is 4. The fourth-order valence-corrected chi connectivity index (χ4v) is 3.38. The number of primary amides is 1. The van der Waals surface area contributed by atoms with Gasteiger partial charge in [-0.1, -0.05) is 0 Å². The number of aromatic nitrogens is 3. The summed E-state index contributed by atoms with van der Waals surface area (Å²) >= 11 is 5.63. The number of carbonyl (C=O) groups excluding carboxylic acids is 1. The molecular weight excluding hydrogens is 330 g/mol. The molecule has 0 bridgehead atoms. The van der Waals surface area contributed by atoms with E-state index >= 15 is 0 Å². The average Bonchev–Trinajstić information content (AvgIpc) is 3.18. The Hall–Kier alpha value is -1.29. The zero-order chi connectivity index (χ0) is 16.9. The van der Waals surface area contributed by atoms with Gasteiger partial charge in [-0.25, -0.2) is 4.68 Å². The number of nitrogens with two attached hydrogens (primary N) is 1. The molecule has 0 spiro atoms. The second-order valence-electron chi connectivity index (χ2n) is 6.28. The lowest BCUT2D eigenvalue weighted by atomic mass is 10.2. The maximum atomic E-state index is 11.1. The third kappa shape index (κ3) is 4.41. The normalized spacial score (nSPS) is 22.1. The van der Waals surface area contributed by atoms with Crippen LogP contribution in [0.25, 0.3) is 0 Å². The van der Waals surface area contributed by atoms with Crippen molar-refractivity contribution in [3.8, 4) is 0 Å². The maximum Gasteiger partial charge on any atom is 0.217 e. The first-order chi connectivity index (χ1) is 11.6. The van der Waals surface area contributed by atoms with E-state index in [4.69, 9.17) is 27.4 Å². The van der Waals surface area contributed by atoms with Crippen molar-refractivity contribution in [2.24, 2.45) is 5.73 Å². The summed E-state index contributed by atoms with van der Waals surface area (Å²) in [6.45, 7) is 5.35. The number of ether oxygens (including phenoxy) is 2. The van der Waals surface area contributed by atoms with Crippen LogP contribution in [0.4, 0.5) is 0 Å². The van der Waals surface area contributed by atoms with Crippen molar-refractivity contribution in [1.29, 1.82) is 0 Å². The van der Waals surface area contributed by atoms with Crippen LogP contribution in [-0.2, 0) is 33.9 Å². The molecule has 2 aliphatic heterocycles. The number of rotatable bonds is 7. The summed E-state index contributed by atoms with van der Waals surface area (Å²) in [5.74, 6) is 0.481. The van der Waals surface area contributed by atoms with Crippen LogP contribution in [0.5, 0.6) is 0 Å². The van der Waals surface area contributed by atoms with Crippen LogP contribution in [-0.4, -0.2) is 64.2 Å². The molecule has 2 aliphatic rings. The Balaban J connectivity index is 1.77. The summed E-state index contributed by atoms with van der Waals surface area (Å²) in [6, 6.07) is 0. The van der Waals surface area contributed by atoms with Gasteiger partial charge in [-0.2, -0.15) is 5.10 Å². The van der Waals surface area contributed by atoms with Crippen LogP contribution >= 0.6 is 12.2 Å². The van der Waals surface area contributed by atoms with Gasteiger partial charge in [0.2, 0.25) is 5.91 Å². The zero-order valence-corrected chi connectivity index (χ0v) is 14.7. The van der Waals surface area contributed by atoms with Crippen molar-refractivity contribution in [3.63, 3.8) is 0 Å². The fourth-order valence-electron chi connectivity index (χ4n) is 3.11. The average molecular weight is 355 g/mol. The largest absolute Gasteiger partial charge is 0.379 e. The lowest BCUT2D eigenvalue weighted by Gasteiger charge is -2.26. The van der Waals surface area contributed by atoms with Gasteiger partial charge in [0.15, 0.2) is 4.77 Å². The topological polar surface area (TPSA) is 87.5 Å². The highest BCUT2D eigenvalue weighted by Crippen LogP contribution is 2.16. The molecule has 1 atom stereocenters. The smallest absolute Gasteiger partial charge is 0.217 e. The molecule has 24 heavy (non-hydrogen) atoms. The van der Waals surface area contributed by atoms with Crippen LogP contribution in [0, 0.1) is 4.77 Å². The molecule has 1 aromatic heterocycles. The van der Waals surface area contributed by atoms with E-state index < -0.39 is 0 Å². The molecule has 9 heteroatoms. The highest BCUT2D eigenvalue weighted by atomic mass is 32.1. The number of carbonyl (C=O) groups is 1. The molecule has 0 aromatic carbocycles. The minimum absolute atomic E-state index is 0.171. The van der Waals surface area contributed by atoms with E-state index in [1.807, 2.05) is 9.25 Å². The lowest BCUT2D eigenvalue weighted by Crippen LogP contribution is -2.37. The Morgan fingerprint density at radius 2 is 2.12 bits per heavy atom. The number of aryl methyl sites for hydroxylation is 1. The van der Waals surface area contributed by atoms with Gasteiger partial charge < -0.3 is 19.8 Å². The molecule has 1 aromatic rings. The van der Waals surface area contributed by atoms with Gasteiger partial charge in [0.1, 0.15) is 5.82 Å². The highest BCUT2D eigenvalue weighted by Gasteiger charge is 2.21. The van der Waals surface area contributed by atoms with Gasteiger partial charge in [0.05, 0.1) is 32.5 Å². The first kappa shape index (κ1) is 17.5. The van der Waals surface area contributed by atoms with Gasteiger partial charge in [-0.05, 0) is 25.1 Å². The summed E-state index contributed by atoms with van der Waals surface area (Å²) in [5, 5.41) is 4.65. The molecule has 0 radical (unpaired) electrons. The van der Waals surface area contributed by atoms with Crippen molar-refractivity contribution in [2.45, 2.75) is 45.0 Å². The van der Waals surface area contributed by atoms with E-state index in [0.717, 1.165) is 51.6 Å². The zero-order valence-electron chi connectivity index (χ0n) is 13.9. The minimum Gasteiger partial charge on any atom is -0.379 e. The van der Waals surface area contributed by atoms with E-state index in [1.54, 1.807) is 0 Å². The van der Waals surface area contributed by atoms with Gasteiger partial charge in [-0.3, -0.25) is 9.69 Å². The second kappa shape index (κ2) is 8.19. The van der Waals surface area contributed by atoms with Crippen molar-refractivity contribution >= 4 is 18.1 Å². The van der Waals surface area contributed by atoms with Crippen LogP contribution in [0.1, 0.15) is 25.1 Å². The SMILES string of the molecule is NC(=O)CCc1nn(CN2CCOCC2)c(=S)n1C[C@H]1CCCO1. The predicted molar refractivity (Wildman–Crippen MR) is 89.9 cm³/mol. The number of hydrogen-bond acceptors (Lipinski definition) is 6. The van der Waals surface area contributed by atoms with E-state index in [2.05, 4.69) is 10.00 Å². The molecule has 1 amide bonds. The van der Waals surface area contributed by atoms with Gasteiger partial charge in [0, 0.05) is 32.5 Å². The van der Waals surface area contributed by atoms with Crippen LogP contribution < -0.4 is 5.73 Å². The van der Waals surface area contributed by atoms with E-state index in [9.17, 15) is 4.79 Å². The molecule has 134 valence electrons. The number of hydrogen-bond donors (Lipinski definition) is 1. The van der Waals surface area contributed by atoms with E-state index in [0.29, 0.717) is 24.4 Å². The number of amides is 1. The lowest BCUT2D eigenvalue weighted by molar-refractivity contribution is -0.118. The van der Waals surface area contributed by atoms with Gasteiger partial charge in [-0.15, -0.1) is 0 Å². The first-order valence-electron chi connectivity index (χ1n) is 8.50. The molecule has 8 nitrogen and oxygen atoms in total. The summed E-state index contributed by atoms with van der Waals surface area (Å²) < 4.78 is 15.6. The van der Waals surface area contributed by atoms with Crippen molar-refractivity contribution < 1.29 is 14.3 Å². The van der Waals surface area contributed by atoms with E-state index in [1.165, 1.54) is 0 Å². The summed E-state index contributed by atoms with van der Waals surface area (Å²) in [4.78, 5) is 13.4. The molecule has 0 aliphatic carbocycles. The van der Waals surface area contributed by atoms with Crippen molar-refractivity contribution in [3.05, 3.63) is 10.6 Å². The number of morpholine rings is 1. The predicted octanol–water partition coefficient (Wildman–Crippen LogP) is 0.301.